The highest BCUT2D eigenvalue weighted by Crippen LogP contribution is 2.36. The highest BCUT2D eigenvalue weighted by atomic mass is 19.1. The molecule has 0 bridgehead atoms. The zero-order valence-corrected chi connectivity index (χ0v) is 18.4. The Morgan fingerprint density at radius 3 is 2.70 bits per heavy atom. The van der Waals surface area contributed by atoms with Gasteiger partial charge >= 0.3 is 0 Å². The molecule has 3 heterocycles. The topological polar surface area (TPSA) is 107 Å². The molecule has 33 heavy (non-hydrogen) atoms. The summed E-state index contributed by atoms with van der Waals surface area (Å²) in [6, 6.07) is 4.58. The van der Waals surface area contributed by atoms with Crippen molar-refractivity contribution in [1.29, 1.82) is 0 Å². The van der Waals surface area contributed by atoms with Crippen LogP contribution in [0.2, 0.25) is 0 Å². The van der Waals surface area contributed by atoms with Crippen LogP contribution in [-0.4, -0.2) is 70.0 Å². The second-order valence-electron chi connectivity index (χ2n) is 8.64. The third-order valence-electron chi connectivity index (χ3n) is 6.73. The number of piperazine rings is 1. The number of hydrogen-bond donors (Lipinski definition) is 2. The number of amides is 1. The van der Waals surface area contributed by atoms with E-state index in [1.807, 2.05) is 0 Å². The monoisotopic (exact) mass is 451 g/mol. The van der Waals surface area contributed by atoms with Gasteiger partial charge in [-0.3, -0.25) is 14.5 Å². The van der Waals surface area contributed by atoms with Gasteiger partial charge in [-0.2, -0.15) is 0 Å². The molecule has 1 saturated heterocycles. The van der Waals surface area contributed by atoms with Crippen molar-refractivity contribution in [3.8, 4) is 0 Å². The van der Waals surface area contributed by atoms with Gasteiger partial charge in [-0.25, -0.2) is 19.3 Å². The molecule has 2 N–H and O–H groups in total. The van der Waals surface area contributed by atoms with Crippen molar-refractivity contribution >= 4 is 22.6 Å². The molecule has 3 aromatic rings. The van der Waals surface area contributed by atoms with Crippen LogP contribution in [0.25, 0.3) is 10.9 Å². The zero-order chi connectivity index (χ0) is 22.9. The molecule has 2 fully saturated rings. The second kappa shape index (κ2) is 8.86. The number of H-pyrrole nitrogens is 1. The van der Waals surface area contributed by atoms with Crippen molar-refractivity contribution in [2.24, 2.45) is 0 Å². The first kappa shape index (κ1) is 21.4. The minimum Gasteiger partial charge on any atom is -0.354 e. The molecule has 5 rings (SSSR count). The van der Waals surface area contributed by atoms with Crippen molar-refractivity contribution in [1.82, 2.24) is 30.2 Å². The molecule has 1 aliphatic heterocycles. The highest BCUT2D eigenvalue weighted by molar-refractivity contribution is 5.91. The van der Waals surface area contributed by atoms with Gasteiger partial charge < -0.3 is 15.2 Å². The Morgan fingerprint density at radius 1 is 1.15 bits per heavy atom. The molecule has 1 amide bonds. The third kappa shape index (κ3) is 4.30. The van der Waals surface area contributed by atoms with E-state index in [-0.39, 0.29) is 22.8 Å². The first-order valence-corrected chi connectivity index (χ1v) is 11.2. The molecule has 1 saturated carbocycles. The fraction of sp³-hybridized carbons (Fsp3) is 0.435. The third-order valence-corrected chi connectivity index (χ3v) is 6.73. The van der Waals surface area contributed by atoms with E-state index in [4.69, 9.17) is 0 Å². The Labute approximate surface area is 190 Å². The number of rotatable bonds is 4. The summed E-state index contributed by atoms with van der Waals surface area (Å²) in [5.41, 5.74) is 0.563. The van der Waals surface area contributed by atoms with Crippen molar-refractivity contribution in [3.63, 3.8) is 0 Å². The number of nitrogens with one attached hydrogen (secondary N) is 2. The summed E-state index contributed by atoms with van der Waals surface area (Å²) in [7, 11) is 1.57. The lowest BCUT2D eigenvalue weighted by Crippen LogP contribution is -2.50. The number of hydrogen-bond acceptors (Lipinski definition) is 7. The maximum Gasteiger partial charge on any atom is 0.271 e. The van der Waals surface area contributed by atoms with Crippen molar-refractivity contribution in [3.05, 3.63) is 58.3 Å². The Kier molecular flexibility index (Phi) is 5.76. The molecule has 10 heteroatoms. The highest BCUT2D eigenvalue weighted by Gasteiger charge is 2.33. The Morgan fingerprint density at radius 2 is 1.97 bits per heavy atom. The second-order valence-corrected chi connectivity index (χ2v) is 8.64. The number of benzene rings is 1. The van der Waals surface area contributed by atoms with Crippen LogP contribution < -0.4 is 15.8 Å². The van der Waals surface area contributed by atoms with E-state index in [9.17, 15) is 14.0 Å². The molecule has 0 radical (unpaired) electrons. The Hall–Kier alpha value is -3.40. The maximum absolute atomic E-state index is 13.5. The van der Waals surface area contributed by atoms with E-state index >= 15 is 0 Å². The summed E-state index contributed by atoms with van der Waals surface area (Å²) in [6.45, 7) is 3.51. The molecular formula is C23H26FN7O2. The fourth-order valence-electron chi connectivity index (χ4n) is 4.91. The minimum atomic E-state index is -0.434. The average Bonchev–Trinajstić information content (AvgIpc) is 3.34. The van der Waals surface area contributed by atoms with Gasteiger partial charge in [-0.05, 0) is 37.5 Å². The smallest absolute Gasteiger partial charge is 0.271 e. The summed E-state index contributed by atoms with van der Waals surface area (Å²) >= 11 is 0. The van der Waals surface area contributed by atoms with E-state index < -0.39 is 5.82 Å². The summed E-state index contributed by atoms with van der Waals surface area (Å²) in [4.78, 5) is 44.9. The van der Waals surface area contributed by atoms with Gasteiger partial charge in [0.1, 0.15) is 23.2 Å². The normalized spacial score (nSPS) is 21.5. The molecule has 2 aliphatic rings. The number of fused-ring (bicyclic) bond motifs is 1. The average molecular weight is 452 g/mol. The maximum atomic E-state index is 13.5. The number of carbonyl (C=O) groups excluding carboxylic acids is 1. The first-order chi connectivity index (χ1) is 16.0. The summed E-state index contributed by atoms with van der Waals surface area (Å²) in [5.74, 6) is 0.992. The molecule has 1 aromatic carbocycles. The van der Waals surface area contributed by atoms with Crippen LogP contribution in [0, 0.1) is 5.82 Å². The van der Waals surface area contributed by atoms with Crippen LogP contribution in [0.1, 0.15) is 41.5 Å². The standard InChI is InChI=1S/C23H26FN7O2/c1-25-23(33)19-12-27-20(13-26-19)31-8-6-30(7-9-31)16-4-2-14(10-16)21-28-18-5-3-15(24)11-17(18)22(32)29-21/h3,5,11-14,16H,2,4,6-10H2,1H3,(H,25,33)(H,28,29,32)/t14-,16-/m1/s1. The summed E-state index contributed by atoms with van der Waals surface area (Å²) in [5, 5.41) is 2.83. The summed E-state index contributed by atoms with van der Waals surface area (Å²) in [6.07, 6.45) is 6.12. The Bertz CT molecular complexity index is 1220. The molecular weight excluding hydrogens is 425 g/mol. The van der Waals surface area contributed by atoms with Crippen LogP contribution in [-0.2, 0) is 0 Å². The summed E-state index contributed by atoms with van der Waals surface area (Å²) < 4.78 is 13.5. The van der Waals surface area contributed by atoms with Crippen molar-refractivity contribution in [2.45, 2.75) is 31.2 Å². The number of halogens is 1. The predicted molar refractivity (Wildman–Crippen MR) is 122 cm³/mol. The van der Waals surface area contributed by atoms with Gasteiger partial charge in [0.05, 0.1) is 23.3 Å². The van der Waals surface area contributed by atoms with Gasteiger partial charge in [0.25, 0.3) is 11.5 Å². The van der Waals surface area contributed by atoms with Crippen LogP contribution in [0.3, 0.4) is 0 Å². The van der Waals surface area contributed by atoms with Gasteiger partial charge in [-0.1, -0.05) is 0 Å². The van der Waals surface area contributed by atoms with Gasteiger partial charge in [0.15, 0.2) is 0 Å². The molecule has 1 aliphatic carbocycles. The molecule has 2 atom stereocenters. The number of anilines is 1. The number of carbonyl (C=O) groups is 1. The van der Waals surface area contributed by atoms with Gasteiger partial charge in [-0.15, -0.1) is 0 Å². The Balaban J connectivity index is 1.21. The lowest BCUT2D eigenvalue weighted by atomic mass is 10.1. The van der Waals surface area contributed by atoms with Crippen LogP contribution >= 0.6 is 0 Å². The van der Waals surface area contributed by atoms with Crippen LogP contribution in [0.15, 0.2) is 35.4 Å². The number of aromatic amines is 1. The predicted octanol–water partition coefficient (Wildman–Crippen LogP) is 1.67. The largest absolute Gasteiger partial charge is 0.354 e. The van der Waals surface area contributed by atoms with E-state index in [0.717, 1.165) is 51.3 Å². The van der Waals surface area contributed by atoms with E-state index in [0.29, 0.717) is 23.1 Å². The quantitative estimate of drug-likeness (QED) is 0.621. The van der Waals surface area contributed by atoms with Crippen molar-refractivity contribution < 1.29 is 9.18 Å². The number of nitrogens with zero attached hydrogens (tertiary/aromatic N) is 5. The van der Waals surface area contributed by atoms with E-state index in [1.54, 1.807) is 19.3 Å². The lowest BCUT2D eigenvalue weighted by Gasteiger charge is -2.38. The number of aromatic nitrogens is 4. The molecule has 0 unspecified atom stereocenters. The zero-order valence-electron chi connectivity index (χ0n) is 18.4. The SMILES string of the molecule is CNC(=O)c1cnc(N2CCN([C@@H]3CC[C@@H](c4nc5ccc(F)cc5c(=O)[nH]4)C3)CC2)cn1. The van der Waals surface area contributed by atoms with Crippen LogP contribution in [0.4, 0.5) is 10.2 Å². The molecule has 172 valence electrons. The molecule has 0 spiro atoms. The van der Waals surface area contributed by atoms with E-state index in [2.05, 4.69) is 35.1 Å². The van der Waals surface area contributed by atoms with Gasteiger partial charge in [0, 0.05) is 45.2 Å². The lowest BCUT2D eigenvalue weighted by molar-refractivity contribution is 0.0957. The van der Waals surface area contributed by atoms with Gasteiger partial charge in [0.2, 0.25) is 0 Å². The van der Waals surface area contributed by atoms with Crippen LogP contribution in [0.5, 0.6) is 0 Å². The van der Waals surface area contributed by atoms with Crippen molar-refractivity contribution in [2.75, 3.05) is 38.1 Å². The minimum absolute atomic E-state index is 0.193. The molecule has 2 aromatic heterocycles. The molecule has 9 nitrogen and oxygen atoms in total. The fourth-order valence-corrected chi connectivity index (χ4v) is 4.91. The first-order valence-electron chi connectivity index (χ1n) is 11.2. The van der Waals surface area contributed by atoms with E-state index in [1.165, 1.54) is 18.3 Å².